The van der Waals surface area contributed by atoms with Crippen LogP contribution in [0.1, 0.15) is 0 Å². The lowest BCUT2D eigenvalue weighted by Gasteiger charge is -2.17. The number of hydrogen-bond donors (Lipinski definition) is 1. The fourth-order valence-corrected chi connectivity index (χ4v) is 1.27. The van der Waals surface area contributed by atoms with E-state index in [0.717, 1.165) is 5.69 Å². The molecule has 4 nitrogen and oxygen atoms in total. The summed E-state index contributed by atoms with van der Waals surface area (Å²) in [6, 6.07) is 11.3. The molecule has 0 aliphatic rings. The standard InChI is InChI=1S/C13H13N3O/c1-2-9-16(10-8-14)13(17)11-15-12-6-4-3-5-7-12/h1,3-7,15H,9-11H2. The zero-order chi connectivity index (χ0) is 12.5. The molecule has 4 heteroatoms. The summed E-state index contributed by atoms with van der Waals surface area (Å²) in [7, 11) is 0. The molecule has 0 heterocycles. The number of benzene rings is 1. The number of anilines is 1. The van der Waals surface area contributed by atoms with Crippen molar-refractivity contribution >= 4 is 11.6 Å². The molecule has 0 fully saturated rings. The maximum Gasteiger partial charge on any atom is 0.243 e. The Morgan fingerprint density at radius 2 is 2.06 bits per heavy atom. The van der Waals surface area contributed by atoms with Crippen LogP contribution in [-0.4, -0.2) is 30.4 Å². The number of nitrogens with one attached hydrogen (secondary N) is 1. The Kier molecular flexibility index (Phi) is 5.13. The van der Waals surface area contributed by atoms with E-state index in [1.54, 1.807) is 0 Å². The molecule has 0 atom stereocenters. The number of carbonyl (C=O) groups is 1. The van der Waals surface area contributed by atoms with Gasteiger partial charge in [-0.15, -0.1) is 6.42 Å². The predicted octanol–water partition coefficient (Wildman–Crippen LogP) is 1.08. The van der Waals surface area contributed by atoms with Crippen LogP contribution in [0, 0.1) is 23.7 Å². The van der Waals surface area contributed by atoms with E-state index in [1.165, 1.54) is 4.90 Å². The zero-order valence-corrected chi connectivity index (χ0v) is 9.39. The van der Waals surface area contributed by atoms with Crippen molar-refractivity contribution in [3.63, 3.8) is 0 Å². The predicted molar refractivity (Wildman–Crippen MR) is 66.0 cm³/mol. The summed E-state index contributed by atoms with van der Waals surface area (Å²) in [6.07, 6.45) is 5.13. The Bertz CT molecular complexity index is 426. The summed E-state index contributed by atoms with van der Waals surface area (Å²) in [4.78, 5) is 13.0. The lowest BCUT2D eigenvalue weighted by molar-refractivity contribution is -0.128. The van der Waals surface area contributed by atoms with E-state index in [1.807, 2.05) is 36.4 Å². The van der Waals surface area contributed by atoms with Crippen LogP contribution in [0.15, 0.2) is 30.3 Å². The van der Waals surface area contributed by atoms with Crippen molar-refractivity contribution in [2.45, 2.75) is 0 Å². The smallest absolute Gasteiger partial charge is 0.243 e. The average molecular weight is 227 g/mol. The average Bonchev–Trinajstić information content (AvgIpc) is 2.37. The van der Waals surface area contributed by atoms with Crippen LogP contribution in [0.4, 0.5) is 5.69 Å². The van der Waals surface area contributed by atoms with Gasteiger partial charge < -0.3 is 10.2 Å². The number of nitriles is 1. The molecule has 0 spiro atoms. The highest BCUT2D eigenvalue weighted by atomic mass is 16.2. The van der Waals surface area contributed by atoms with Gasteiger partial charge in [0.1, 0.15) is 6.54 Å². The third-order valence-corrected chi connectivity index (χ3v) is 2.11. The fraction of sp³-hybridized carbons (Fsp3) is 0.231. The van der Waals surface area contributed by atoms with Crippen molar-refractivity contribution in [1.29, 1.82) is 5.26 Å². The van der Waals surface area contributed by atoms with Crippen LogP contribution >= 0.6 is 0 Å². The quantitative estimate of drug-likeness (QED) is 0.605. The monoisotopic (exact) mass is 227 g/mol. The number of carbonyl (C=O) groups excluding carboxylic acids is 1. The van der Waals surface area contributed by atoms with Gasteiger partial charge in [0.2, 0.25) is 5.91 Å². The molecule has 1 rings (SSSR count). The van der Waals surface area contributed by atoms with Crippen molar-refractivity contribution < 1.29 is 4.79 Å². The third-order valence-electron chi connectivity index (χ3n) is 2.11. The van der Waals surface area contributed by atoms with E-state index >= 15 is 0 Å². The van der Waals surface area contributed by atoms with Crippen molar-refractivity contribution in [3.05, 3.63) is 30.3 Å². The first-order valence-electron chi connectivity index (χ1n) is 5.15. The van der Waals surface area contributed by atoms with Crippen LogP contribution in [0.25, 0.3) is 0 Å². The molecule has 0 saturated carbocycles. The van der Waals surface area contributed by atoms with E-state index in [4.69, 9.17) is 11.7 Å². The normalized spacial score (nSPS) is 8.82. The van der Waals surface area contributed by atoms with Gasteiger partial charge in [0.25, 0.3) is 0 Å². The van der Waals surface area contributed by atoms with Crippen molar-refractivity contribution in [2.75, 3.05) is 25.0 Å². The molecule has 1 amide bonds. The minimum atomic E-state index is -0.187. The molecule has 1 N–H and O–H groups in total. The van der Waals surface area contributed by atoms with Gasteiger partial charge >= 0.3 is 0 Å². The van der Waals surface area contributed by atoms with Gasteiger partial charge in [0, 0.05) is 5.69 Å². The molecule has 17 heavy (non-hydrogen) atoms. The summed E-state index contributed by atoms with van der Waals surface area (Å²) in [6.45, 7) is 0.301. The second kappa shape index (κ2) is 6.92. The van der Waals surface area contributed by atoms with Crippen molar-refractivity contribution in [3.8, 4) is 18.4 Å². The number of rotatable bonds is 5. The van der Waals surface area contributed by atoms with E-state index in [-0.39, 0.29) is 25.5 Å². The number of hydrogen-bond acceptors (Lipinski definition) is 3. The van der Waals surface area contributed by atoms with E-state index in [0.29, 0.717) is 0 Å². The van der Waals surface area contributed by atoms with Gasteiger partial charge in [-0.3, -0.25) is 4.79 Å². The van der Waals surface area contributed by atoms with Crippen LogP contribution in [0.2, 0.25) is 0 Å². The molecule has 1 aromatic carbocycles. The number of amides is 1. The minimum Gasteiger partial charge on any atom is -0.376 e. The maximum atomic E-state index is 11.7. The largest absolute Gasteiger partial charge is 0.376 e. The highest BCUT2D eigenvalue weighted by molar-refractivity contribution is 5.81. The highest BCUT2D eigenvalue weighted by Crippen LogP contribution is 2.04. The highest BCUT2D eigenvalue weighted by Gasteiger charge is 2.10. The minimum absolute atomic E-state index is 0.0134. The Labute approximate surface area is 101 Å². The van der Waals surface area contributed by atoms with Crippen LogP contribution in [0.3, 0.4) is 0 Å². The van der Waals surface area contributed by atoms with Crippen molar-refractivity contribution in [2.24, 2.45) is 0 Å². The topological polar surface area (TPSA) is 56.1 Å². The Morgan fingerprint density at radius 3 is 2.65 bits per heavy atom. The van der Waals surface area contributed by atoms with Crippen LogP contribution < -0.4 is 5.32 Å². The van der Waals surface area contributed by atoms with Gasteiger partial charge in [-0.05, 0) is 12.1 Å². The first-order valence-corrected chi connectivity index (χ1v) is 5.15. The van der Waals surface area contributed by atoms with Crippen LogP contribution in [0.5, 0.6) is 0 Å². The molecular weight excluding hydrogens is 214 g/mol. The summed E-state index contributed by atoms with van der Waals surface area (Å²) < 4.78 is 0. The van der Waals surface area contributed by atoms with Gasteiger partial charge in [-0.25, -0.2) is 0 Å². The van der Waals surface area contributed by atoms with Gasteiger partial charge in [-0.1, -0.05) is 24.1 Å². The van der Waals surface area contributed by atoms with E-state index in [9.17, 15) is 4.79 Å². The Morgan fingerprint density at radius 1 is 1.35 bits per heavy atom. The fourth-order valence-electron chi connectivity index (χ4n) is 1.27. The summed E-state index contributed by atoms with van der Waals surface area (Å²) in [5.41, 5.74) is 0.860. The van der Waals surface area contributed by atoms with Gasteiger partial charge in [0.15, 0.2) is 0 Å². The molecule has 0 aliphatic heterocycles. The molecule has 0 aliphatic carbocycles. The number of para-hydroxylation sites is 1. The molecule has 1 aromatic rings. The summed E-state index contributed by atoms with van der Waals surface area (Å²) in [5.74, 6) is 2.17. The molecule has 86 valence electrons. The Balaban J connectivity index is 2.48. The molecule has 0 saturated heterocycles. The second-order valence-electron chi connectivity index (χ2n) is 3.33. The summed E-state index contributed by atoms with van der Waals surface area (Å²) >= 11 is 0. The third kappa shape index (κ3) is 4.27. The first-order chi connectivity index (χ1) is 8.27. The summed E-state index contributed by atoms with van der Waals surface area (Å²) in [5, 5.41) is 11.5. The van der Waals surface area contributed by atoms with Crippen LogP contribution in [-0.2, 0) is 4.79 Å². The zero-order valence-electron chi connectivity index (χ0n) is 9.39. The van der Waals surface area contributed by atoms with E-state index < -0.39 is 0 Å². The number of nitrogens with zero attached hydrogens (tertiary/aromatic N) is 2. The molecule has 0 aromatic heterocycles. The molecule has 0 radical (unpaired) electrons. The second-order valence-corrected chi connectivity index (χ2v) is 3.33. The van der Waals surface area contributed by atoms with Crippen molar-refractivity contribution in [1.82, 2.24) is 4.90 Å². The Hall–Kier alpha value is -2.46. The molecule has 0 bridgehead atoms. The SMILES string of the molecule is C#CCN(CC#N)C(=O)CNc1ccccc1. The maximum absolute atomic E-state index is 11.7. The molecule has 0 unspecified atom stereocenters. The molecular formula is C13H13N3O. The first kappa shape index (κ1) is 12.6. The van der Waals surface area contributed by atoms with E-state index in [2.05, 4.69) is 11.2 Å². The van der Waals surface area contributed by atoms with Gasteiger partial charge in [-0.2, -0.15) is 5.26 Å². The van der Waals surface area contributed by atoms with Gasteiger partial charge in [0.05, 0.1) is 19.2 Å². The lowest BCUT2D eigenvalue weighted by Crippen LogP contribution is -2.36. The number of terminal acetylenes is 1. The lowest BCUT2D eigenvalue weighted by atomic mass is 10.3.